The Hall–Kier alpha value is -0.910. The molecule has 0 aromatic heterocycles. The summed E-state index contributed by atoms with van der Waals surface area (Å²) in [5.74, 6) is 0. The van der Waals surface area contributed by atoms with Gasteiger partial charge in [-0.15, -0.1) is 0 Å². The number of hydrogen-bond donors (Lipinski definition) is 2. The van der Waals surface area contributed by atoms with E-state index in [0.29, 0.717) is 18.0 Å². The van der Waals surface area contributed by atoms with Crippen LogP contribution in [0.15, 0.2) is 23.1 Å². The minimum atomic E-state index is -3.43. The first kappa shape index (κ1) is 14.5. The van der Waals surface area contributed by atoms with Gasteiger partial charge >= 0.3 is 0 Å². The molecule has 1 aromatic carbocycles. The maximum atomic E-state index is 12.4. The third-order valence-electron chi connectivity index (χ3n) is 4.12. The van der Waals surface area contributed by atoms with Gasteiger partial charge in [0.2, 0.25) is 10.0 Å². The van der Waals surface area contributed by atoms with Gasteiger partial charge in [-0.05, 0) is 48.8 Å². The van der Waals surface area contributed by atoms with Crippen LogP contribution in [0.1, 0.15) is 37.3 Å². The van der Waals surface area contributed by atoms with Crippen molar-refractivity contribution in [2.75, 3.05) is 6.54 Å². The molecule has 0 unspecified atom stereocenters. The van der Waals surface area contributed by atoms with Gasteiger partial charge in [0, 0.05) is 13.1 Å². The predicted molar refractivity (Wildman–Crippen MR) is 76.2 cm³/mol. The highest BCUT2D eigenvalue weighted by Crippen LogP contribution is 2.48. The molecule has 1 fully saturated rings. The van der Waals surface area contributed by atoms with Gasteiger partial charge in [-0.2, -0.15) is 0 Å². The number of hydrogen-bond acceptors (Lipinski definition) is 3. The van der Waals surface area contributed by atoms with Crippen molar-refractivity contribution < 1.29 is 8.42 Å². The Kier molecular flexibility index (Phi) is 3.99. The van der Waals surface area contributed by atoms with E-state index in [0.717, 1.165) is 30.4 Å². The van der Waals surface area contributed by atoms with E-state index >= 15 is 0 Å². The zero-order valence-electron chi connectivity index (χ0n) is 11.6. The summed E-state index contributed by atoms with van der Waals surface area (Å²) < 4.78 is 27.5. The van der Waals surface area contributed by atoms with Crippen LogP contribution < -0.4 is 10.5 Å². The Morgan fingerprint density at radius 1 is 1.37 bits per heavy atom. The lowest BCUT2D eigenvalue weighted by atomic mass is 10.1. The number of sulfonamides is 1. The zero-order valence-corrected chi connectivity index (χ0v) is 12.4. The standard InChI is InChI=1S/C14H22N2O2S/c1-3-14(6-7-14)10-16-19(17,18)13-8-12(9-15)5-4-11(13)2/h4-5,8,16H,3,6-7,9-10,15H2,1-2H3. The van der Waals surface area contributed by atoms with Gasteiger partial charge in [0.25, 0.3) is 0 Å². The van der Waals surface area contributed by atoms with Crippen molar-refractivity contribution in [3.05, 3.63) is 29.3 Å². The quantitative estimate of drug-likeness (QED) is 0.837. The SMILES string of the molecule is CCC1(CNS(=O)(=O)c2cc(CN)ccc2C)CC1. The molecule has 1 aliphatic carbocycles. The Balaban J connectivity index is 2.19. The fourth-order valence-electron chi connectivity index (χ4n) is 2.22. The number of benzene rings is 1. The maximum absolute atomic E-state index is 12.4. The van der Waals surface area contributed by atoms with Crippen LogP contribution in [0.2, 0.25) is 0 Å². The van der Waals surface area contributed by atoms with Gasteiger partial charge in [-0.3, -0.25) is 0 Å². The summed E-state index contributed by atoms with van der Waals surface area (Å²) in [6.45, 7) is 4.81. The third kappa shape index (κ3) is 3.16. The first-order chi connectivity index (χ1) is 8.92. The molecule has 1 saturated carbocycles. The summed E-state index contributed by atoms with van der Waals surface area (Å²) in [7, 11) is -3.43. The van der Waals surface area contributed by atoms with E-state index in [1.807, 2.05) is 19.1 Å². The van der Waals surface area contributed by atoms with Crippen LogP contribution in [0.5, 0.6) is 0 Å². The zero-order chi connectivity index (χ0) is 14.1. The van der Waals surface area contributed by atoms with Crippen LogP contribution in [0.4, 0.5) is 0 Å². The molecular formula is C14H22N2O2S. The molecule has 3 N–H and O–H groups in total. The van der Waals surface area contributed by atoms with E-state index in [9.17, 15) is 8.42 Å². The van der Waals surface area contributed by atoms with Crippen molar-refractivity contribution in [2.45, 2.75) is 44.6 Å². The molecule has 4 nitrogen and oxygen atoms in total. The van der Waals surface area contributed by atoms with Crippen molar-refractivity contribution in [1.29, 1.82) is 0 Å². The van der Waals surface area contributed by atoms with Gasteiger partial charge in [-0.25, -0.2) is 13.1 Å². The second kappa shape index (κ2) is 5.23. The Morgan fingerprint density at radius 2 is 2.05 bits per heavy atom. The molecule has 0 heterocycles. The maximum Gasteiger partial charge on any atom is 0.240 e. The molecule has 0 amide bonds. The van der Waals surface area contributed by atoms with Gasteiger partial charge in [0.15, 0.2) is 0 Å². The third-order valence-corrected chi connectivity index (χ3v) is 5.67. The summed E-state index contributed by atoms with van der Waals surface area (Å²) in [4.78, 5) is 0.349. The molecule has 0 atom stereocenters. The molecule has 5 heteroatoms. The smallest absolute Gasteiger partial charge is 0.240 e. The highest BCUT2D eigenvalue weighted by Gasteiger charge is 2.41. The second-order valence-corrected chi connectivity index (χ2v) is 7.22. The van der Waals surface area contributed by atoms with Crippen LogP contribution >= 0.6 is 0 Å². The van der Waals surface area contributed by atoms with Crippen LogP contribution in [0, 0.1) is 12.3 Å². The van der Waals surface area contributed by atoms with Gasteiger partial charge < -0.3 is 5.73 Å². The van der Waals surface area contributed by atoms with Crippen molar-refractivity contribution in [1.82, 2.24) is 4.72 Å². The predicted octanol–water partition coefficient (Wildman–Crippen LogP) is 1.92. The van der Waals surface area contributed by atoms with Crippen LogP contribution in [-0.2, 0) is 16.6 Å². The molecule has 19 heavy (non-hydrogen) atoms. The van der Waals surface area contributed by atoms with Crippen LogP contribution in [0.25, 0.3) is 0 Å². The molecule has 0 radical (unpaired) electrons. The molecule has 0 spiro atoms. The lowest BCUT2D eigenvalue weighted by Gasteiger charge is -2.15. The average Bonchev–Trinajstić information content (AvgIpc) is 3.18. The number of nitrogens with two attached hydrogens (primary N) is 1. The summed E-state index contributed by atoms with van der Waals surface area (Å²) in [5, 5.41) is 0. The number of aryl methyl sites for hydroxylation is 1. The van der Waals surface area contributed by atoms with Gasteiger partial charge in [0.1, 0.15) is 0 Å². The molecule has 106 valence electrons. The van der Waals surface area contributed by atoms with E-state index in [1.54, 1.807) is 6.07 Å². The molecule has 2 rings (SSSR count). The lowest BCUT2D eigenvalue weighted by Crippen LogP contribution is -2.30. The lowest BCUT2D eigenvalue weighted by molar-refractivity contribution is 0.475. The van der Waals surface area contributed by atoms with Crippen LogP contribution in [-0.4, -0.2) is 15.0 Å². The van der Waals surface area contributed by atoms with Crippen molar-refractivity contribution in [3.63, 3.8) is 0 Å². The molecule has 0 bridgehead atoms. The number of rotatable bonds is 6. The average molecular weight is 282 g/mol. The minimum Gasteiger partial charge on any atom is -0.326 e. The highest BCUT2D eigenvalue weighted by atomic mass is 32.2. The second-order valence-electron chi connectivity index (χ2n) is 5.48. The summed E-state index contributed by atoms with van der Waals surface area (Å²) in [5.41, 5.74) is 7.36. The topological polar surface area (TPSA) is 72.2 Å². The van der Waals surface area contributed by atoms with Crippen molar-refractivity contribution >= 4 is 10.0 Å². The van der Waals surface area contributed by atoms with Gasteiger partial charge in [0.05, 0.1) is 4.90 Å². The summed E-state index contributed by atoms with van der Waals surface area (Å²) in [6.07, 6.45) is 3.26. The minimum absolute atomic E-state index is 0.201. The van der Waals surface area contributed by atoms with Crippen molar-refractivity contribution in [3.8, 4) is 0 Å². The van der Waals surface area contributed by atoms with E-state index in [-0.39, 0.29) is 5.41 Å². The Labute approximate surface area is 115 Å². The molecule has 0 saturated heterocycles. The normalized spacial score (nSPS) is 17.4. The molecule has 1 aliphatic rings. The molecule has 1 aromatic rings. The molecular weight excluding hydrogens is 260 g/mol. The summed E-state index contributed by atoms with van der Waals surface area (Å²) >= 11 is 0. The van der Waals surface area contributed by atoms with E-state index in [2.05, 4.69) is 11.6 Å². The summed E-state index contributed by atoms with van der Waals surface area (Å²) in [6, 6.07) is 5.34. The fraction of sp³-hybridized carbons (Fsp3) is 0.571. The Bertz CT molecular complexity index is 563. The number of nitrogens with one attached hydrogen (secondary N) is 1. The first-order valence-corrected chi connectivity index (χ1v) is 8.20. The van der Waals surface area contributed by atoms with Gasteiger partial charge in [-0.1, -0.05) is 19.1 Å². The molecule has 0 aliphatic heterocycles. The van der Waals surface area contributed by atoms with Crippen molar-refractivity contribution in [2.24, 2.45) is 11.1 Å². The first-order valence-electron chi connectivity index (χ1n) is 6.72. The van der Waals surface area contributed by atoms with E-state index in [4.69, 9.17) is 5.73 Å². The monoisotopic (exact) mass is 282 g/mol. The fourth-order valence-corrected chi connectivity index (χ4v) is 3.67. The van der Waals surface area contributed by atoms with E-state index in [1.165, 1.54) is 0 Å². The largest absolute Gasteiger partial charge is 0.326 e. The van der Waals surface area contributed by atoms with Crippen LogP contribution in [0.3, 0.4) is 0 Å². The van der Waals surface area contributed by atoms with E-state index < -0.39 is 10.0 Å². The Morgan fingerprint density at radius 3 is 2.58 bits per heavy atom. The highest BCUT2D eigenvalue weighted by molar-refractivity contribution is 7.89.